The third-order valence-electron chi connectivity index (χ3n) is 4.29. The monoisotopic (exact) mass is 184 g/mol. The first-order chi connectivity index (χ1) is 5.89. The Morgan fingerprint density at radius 2 is 2.08 bits per heavy atom. The molecule has 0 aromatic heterocycles. The van der Waals surface area contributed by atoms with Gasteiger partial charge in [-0.1, -0.05) is 13.8 Å². The molecular formula is C10H16O3. The van der Waals surface area contributed by atoms with Gasteiger partial charge in [-0.3, -0.25) is 0 Å². The summed E-state index contributed by atoms with van der Waals surface area (Å²) in [6.45, 7) is 4.14. The Kier molecular flexibility index (Phi) is 1.57. The van der Waals surface area contributed by atoms with Crippen LogP contribution in [0.2, 0.25) is 0 Å². The smallest absolute Gasteiger partial charge is 0.335 e. The van der Waals surface area contributed by atoms with Crippen molar-refractivity contribution < 1.29 is 15.0 Å². The fourth-order valence-electron chi connectivity index (χ4n) is 3.14. The summed E-state index contributed by atoms with van der Waals surface area (Å²) in [4.78, 5) is 10.9. The lowest BCUT2D eigenvalue weighted by Crippen LogP contribution is -2.64. The van der Waals surface area contributed by atoms with Gasteiger partial charge in [0.05, 0.1) is 0 Å². The van der Waals surface area contributed by atoms with E-state index in [0.717, 1.165) is 12.8 Å². The fourth-order valence-corrected chi connectivity index (χ4v) is 3.14. The molecule has 3 nitrogen and oxygen atoms in total. The molecule has 0 unspecified atom stereocenters. The Bertz CT molecular complexity index is 257. The van der Waals surface area contributed by atoms with Crippen LogP contribution in [0, 0.1) is 17.3 Å². The Balaban J connectivity index is 2.29. The molecule has 3 fully saturated rings. The summed E-state index contributed by atoms with van der Waals surface area (Å²) in [6, 6.07) is 0. The molecule has 0 aromatic rings. The van der Waals surface area contributed by atoms with Gasteiger partial charge < -0.3 is 10.2 Å². The minimum Gasteiger partial charge on any atom is -0.479 e. The molecule has 0 amide bonds. The molecule has 0 radical (unpaired) electrons. The van der Waals surface area contributed by atoms with E-state index in [1.165, 1.54) is 0 Å². The summed E-state index contributed by atoms with van der Waals surface area (Å²) >= 11 is 0. The highest BCUT2D eigenvalue weighted by Gasteiger charge is 2.63. The SMILES string of the molecule is CC1(C)[C@@H]2CC[C@](O)(C(=O)O)[C@H]1C2. The minimum absolute atomic E-state index is 0.0192. The highest BCUT2D eigenvalue weighted by Crippen LogP contribution is 2.62. The van der Waals surface area contributed by atoms with Crippen LogP contribution in [0.1, 0.15) is 33.1 Å². The van der Waals surface area contributed by atoms with Gasteiger partial charge in [-0.05, 0) is 30.6 Å². The van der Waals surface area contributed by atoms with E-state index in [1.807, 2.05) is 0 Å². The number of carboxylic acid groups (broad SMARTS) is 1. The number of hydrogen-bond acceptors (Lipinski definition) is 2. The number of aliphatic hydroxyl groups is 1. The van der Waals surface area contributed by atoms with Gasteiger partial charge in [0, 0.05) is 5.92 Å². The molecule has 3 aliphatic carbocycles. The molecule has 13 heavy (non-hydrogen) atoms. The molecule has 0 spiro atoms. The highest BCUT2D eigenvalue weighted by atomic mass is 16.4. The van der Waals surface area contributed by atoms with E-state index in [4.69, 9.17) is 5.11 Å². The van der Waals surface area contributed by atoms with Gasteiger partial charge in [0.15, 0.2) is 5.60 Å². The number of aliphatic carboxylic acids is 1. The van der Waals surface area contributed by atoms with E-state index in [2.05, 4.69) is 13.8 Å². The summed E-state index contributed by atoms with van der Waals surface area (Å²) in [5.74, 6) is -0.461. The van der Waals surface area contributed by atoms with Crippen molar-refractivity contribution >= 4 is 5.97 Å². The van der Waals surface area contributed by atoms with Gasteiger partial charge in [-0.2, -0.15) is 0 Å². The lowest BCUT2D eigenvalue weighted by Gasteiger charge is -2.61. The molecule has 3 atom stereocenters. The topological polar surface area (TPSA) is 57.5 Å². The Morgan fingerprint density at radius 3 is 2.38 bits per heavy atom. The minimum atomic E-state index is -1.45. The van der Waals surface area contributed by atoms with Crippen molar-refractivity contribution in [2.45, 2.75) is 38.7 Å². The van der Waals surface area contributed by atoms with Crippen molar-refractivity contribution in [3.63, 3.8) is 0 Å². The van der Waals surface area contributed by atoms with Crippen LogP contribution < -0.4 is 0 Å². The van der Waals surface area contributed by atoms with E-state index in [0.29, 0.717) is 12.3 Å². The first kappa shape index (κ1) is 9.00. The predicted octanol–water partition coefficient (Wildman–Crippen LogP) is 1.26. The zero-order chi connectivity index (χ0) is 9.85. The molecule has 3 rings (SSSR count). The van der Waals surface area contributed by atoms with E-state index >= 15 is 0 Å². The average Bonchev–Trinajstić information content (AvgIpc) is 2.03. The second-order valence-corrected chi connectivity index (χ2v) is 5.07. The third-order valence-corrected chi connectivity index (χ3v) is 4.29. The molecule has 0 aliphatic heterocycles. The van der Waals surface area contributed by atoms with Crippen LogP contribution in [0.15, 0.2) is 0 Å². The summed E-state index contributed by atoms with van der Waals surface area (Å²) in [7, 11) is 0. The van der Waals surface area contributed by atoms with Crippen LogP contribution in [0.3, 0.4) is 0 Å². The maximum Gasteiger partial charge on any atom is 0.335 e. The first-order valence-electron chi connectivity index (χ1n) is 4.85. The largest absolute Gasteiger partial charge is 0.479 e. The molecule has 0 heterocycles. The second kappa shape index (κ2) is 2.27. The lowest BCUT2D eigenvalue weighted by atomic mass is 9.44. The average molecular weight is 184 g/mol. The van der Waals surface area contributed by atoms with Gasteiger partial charge in [-0.25, -0.2) is 4.79 Å². The molecule has 2 N–H and O–H groups in total. The number of hydrogen-bond donors (Lipinski definition) is 2. The Labute approximate surface area is 77.8 Å². The van der Waals surface area contributed by atoms with Gasteiger partial charge in [0.2, 0.25) is 0 Å². The van der Waals surface area contributed by atoms with Crippen LogP contribution in [0.4, 0.5) is 0 Å². The van der Waals surface area contributed by atoms with Crippen molar-refractivity contribution in [1.29, 1.82) is 0 Å². The van der Waals surface area contributed by atoms with Crippen LogP contribution in [-0.2, 0) is 4.79 Å². The summed E-state index contributed by atoms with van der Waals surface area (Å²) in [5, 5.41) is 19.0. The quantitative estimate of drug-likeness (QED) is 0.645. The predicted molar refractivity (Wildman–Crippen MR) is 47.2 cm³/mol. The molecule has 0 aromatic carbocycles. The number of rotatable bonds is 1. The third kappa shape index (κ3) is 0.909. The first-order valence-corrected chi connectivity index (χ1v) is 4.85. The second-order valence-electron chi connectivity index (χ2n) is 5.07. The van der Waals surface area contributed by atoms with Crippen LogP contribution in [-0.4, -0.2) is 21.8 Å². The standard InChI is InChI=1S/C10H16O3/c1-9(2)6-3-4-10(13,8(11)12)7(9)5-6/h6-7,13H,3-5H2,1-2H3,(H,11,12)/t6-,7+,10-/m1/s1. The van der Waals surface area contributed by atoms with Crippen LogP contribution >= 0.6 is 0 Å². The fraction of sp³-hybridized carbons (Fsp3) is 0.900. The van der Waals surface area contributed by atoms with Crippen LogP contribution in [0.5, 0.6) is 0 Å². The van der Waals surface area contributed by atoms with E-state index < -0.39 is 11.6 Å². The van der Waals surface area contributed by atoms with Crippen molar-refractivity contribution in [3.8, 4) is 0 Å². The van der Waals surface area contributed by atoms with Crippen LogP contribution in [0.25, 0.3) is 0 Å². The number of carboxylic acids is 1. The molecule has 3 aliphatic rings. The maximum atomic E-state index is 10.9. The van der Waals surface area contributed by atoms with E-state index in [9.17, 15) is 9.90 Å². The van der Waals surface area contributed by atoms with Gasteiger partial charge in [0.1, 0.15) is 0 Å². The zero-order valence-corrected chi connectivity index (χ0v) is 8.08. The van der Waals surface area contributed by atoms with E-state index in [1.54, 1.807) is 0 Å². The highest BCUT2D eigenvalue weighted by molar-refractivity contribution is 5.78. The van der Waals surface area contributed by atoms with Crippen molar-refractivity contribution in [2.24, 2.45) is 17.3 Å². The van der Waals surface area contributed by atoms with E-state index in [-0.39, 0.29) is 11.3 Å². The van der Waals surface area contributed by atoms with Gasteiger partial charge >= 0.3 is 5.97 Å². The molecule has 3 saturated carbocycles. The Hall–Kier alpha value is -0.570. The number of fused-ring (bicyclic) bond motifs is 2. The maximum absolute atomic E-state index is 10.9. The van der Waals surface area contributed by atoms with Gasteiger partial charge in [-0.15, -0.1) is 0 Å². The zero-order valence-electron chi connectivity index (χ0n) is 8.08. The molecule has 74 valence electrons. The summed E-state index contributed by atoms with van der Waals surface area (Å²) in [5.41, 5.74) is -1.43. The summed E-state index contributed by atoms with van der Waals surface area (Å²) in [6.07, 6.45) is 2.17. The summed E-state index contributed by atoms with van der Waals surface area (Å²) < 4.78 is 0. The molecule has 2 bridgehead atoms. The van der Waals surface area contributed by atoms with Gasteiger partial charge in [0.25, 0.3) is 0 Å². The van der Waals surface area contributed by atoms with Crippen molar-refractivity contribution in [2.75, 3.05) is 0 Å². The molecule has 3 heteroatoms. The molecular weight excluding hydrogens is 168 g/mol. The molecule has 0 saturated heterocycles. The van der Waals surface area contributed by atoms with Crippen molar-refractivity contribution in [3.05, 3.63) is 0 Å². The van der Waals surface area contributed by atoms with Crippen molar-refractivity contribution in [1.82, 2.24) is 0 Å². The normalized spacial score (nSPS) is 46.7. The Morgan fingerprint density at radius 1 is 1.46 bits per heavy atom. The number of carbonyl (C=O) groups is 1. The lowest BCUT2D eigenvalue weighted by molar-refractivity contribution is -0.217.